The maximum absolute atomic E-state index is 12.4. The van der Waals surface area contributed by atoms with Crippen LogP contribution in [0.25, 0.3) is 0 Å². The fraction of sp³-hybridized carbons (Fsp3) is 0.538. The van der Waals surface area contributed by atoms with E-state index < -0.39 is 17.9 Å². The molecule has 0 aliphatic rings. The van der Waals surface area contributed by atoms with E-state index in [-0.39, 0.29) is 31.3 Å². The molecule has 9 heteroatoms. The Kier molecular flexibility index (Phi) is 6.51. The molecule has 0 aromatic carbocycles. The van der Waals surface area contributed by atoms with Crippen LogP contribution >= 0.6 is 0 Å². The third kappa shape index (κ3) is 4.85. The number of hydrogen-bond donors (Lipinski definition) is 2. The Morgan fingerprint density at radius 3 is 2.73 bits per heavy atom. The van der Waals surface area contributed by atoms with Gasteiger partial charge in [0.2, 0.25) is 5.91 Å². The molecule has 122 valence electrons. The van der Waals surface area contributed by atoms with Crippen LogP contribution in [0.2, 0.25) is 0 Å². The highest BCUT2D eigenvalue weighted by molar-refractivity contribution is 5.94. The van der Waals surface area contributed by atoms with Crippen LogP contribution in [0.1, 0.15) is 30.1 Å². The molecule has 9 nitrogen and oxygen atoms in total. The maximum Gasteiger partial charge on any atom is 0.326 e. The Balaban J connectivity index is 2.85. The second-order valence-corrected chi connectivity index (χ2v) is 4.61. The minimum Gasteiger partial charge on any atom is -0.480 e. The maximum atomic E-state index is 12.4. The molecular formula is C13H19N3O6. The lowest BCUT2D eigenvalue weighted by molar-refractivity contribution is -0.141. The minimum atomic E-state index is -1.16. The molecule has 0 aliphatic heterocycles. The van der Waals surface area contributed by atoms with Gasteiger partial charge in [-0.3, -0.25) is 9.59 Å². The van der Waals surface area contributed by atoms with Gasteiger partial charge in [-0.05, 0) is 6.92 Å². The van der Waals surface area contributed by atoms with Crippen molar-refractivity contribution in [2.24, 2.45) is 0 Å². The van der Waals surface area contributed by atoms with Crippen LogP contribution < -0.4 is 5.32 Å². The Morgan fingerprint density at radius 2 is 2.18 bits per heavy atom. The fourth-order valence-corrected chi connectivity index (χ4v) is 1.73. The van der Waals surface area contributed by atoms with Crippen LogP contribution in [0.3, 0.4) is 0 Å². The summed E-state index contributed by atoms with van der Waals surface area (Å²) < 4.78 is 9.78. The molecule has 22 heavy (non-hydrogen) atoms. The van der Waals surface area contributed by atoms with Crippen LogP contribution in [0.15, 0.2) is 10.6 Å². The number of methoxy groups -OCH3 is 1. The summed E-state index contributed by atoms with van der Waals surface area (Å²) in [6.07, 6.45) is 0. The van der Waals surface area contributed by atoms with Gasteiger partial charge in [-0.1, -0.05) is 5.16 Å². The quantitative estimate of drug-likeness (QED) is 0.685. The van der Waals surface area contributed by atoms with Crippen molar-refractivity contribution in [3.8, 4) is 0 Å². The molecule has 1 rings (SSSR count). The largest absolute Gasteiger partial charge is 0.480 e. The van der Waals surface area contributed by atoms with Gasteiger partial charge in [0.05, 0.1) is 0 Å². The number of carboxylic acids is 1. The number of carbonyl (C=O) groups is 3. The first kappa shape index (κ1) is 17.6. The van der Waals surface area contributed by atoms with Gasteiger partial charge in [0, 0.05) is 33.2 Å². The standard InChI is InChI=1S/C13H19N3O6/c1-8(13(19)20)16(5-4-14-9(2)17)12(18)11-6-10(7-21-3)22-15-11/h6,8H,4-5,7H2,1-3H3,(H,14,17)(H,19,20). The number of carbonyl (C=O) groups excluding carboxylic acids is 2. The molecule has 2 N–H and O–H groups in total. The predicted molar refractivity (Wildman–Crippen MR) is 74.0 cm³/mol. The molecular weight excluding hydrogens is 294 g/mol. The van der Waals surface area contributed by atoms with Crippen LogP contribution in [0.4, 0.5) is 0 Å². The molecule has 0 spiro atoms. The monoisotopic (exact) mass is 313 g/mol. The van der Waals surface area contributed by atoms with Crippen molar-refractivity contribution in [3.63, 3.8) is 0 Å². The molecule has 0 saturated heterocycles. The summed E-state index contributed by atoms with van der Waals surface area (Å²) in [5, 5.41) is 15.2. The molecule has 0 radical (unpaired) electrons. The first-order valence-electron chi connectivity index (χ1n) is 6.59. The van der Waals surface area contributed by atoms with Gasteiger partial charge in [-0.15, -0.1) is 0 Å². The van der Waals surface area contributed by atoms with E-state index in [4.69, 9.17) is 14.4 Å². The third-order valence-corrected chi connectivity index (χ3v) is 2.88. The van der Waals surface area contributed by atoms with Crippen LogP contribution in [0, 0.1) is 0 Å². The molecule has 1 aromatic heterocycles. The first-order chi connectivity index (χ1) is 10.4. The highest BCUT2D eigenvalue weighted by atomic mass is 16.5. The topological polar surface area (TPSA) is 122 Å². The Hall–Kier alpha value is -2.42. The van der Waals surface area contributed by atoms with E-state index in [0.29, 0.717) is 5.76 Å². The zero-order valence-corrected chi connectivity index (χ0v) is 12.7. The Labute approximate surface area is 127 Å². The van der Waals surface area contributed by atoms with E-state index in [1.807, 2.05) is 0 Å². The summed E-state index contributed by atoms with van der Waals surface area (Å²) in [5.74, 6) is -1.65. The zero-order valence-electron chi connectivity index (χ0n) is 12.7. The first-order valence-corrected chi connectivity index (χ1v) is 6.59. The van der Waals surface area contributed by atoms with Crippen LogP contribution in [-0.4, -0.2) is 59.2 Å². The van der Waals surface area contributed by atoms with Gasteiger partial charge in [0.1, 0.15) is 12.6 Å². The Bertz CT molecular complexity index is 542. The second kappa shape index (κ2) is 8.13. The van der Waals surface area contributed by atoms with E-state index in [1.165, 1.54) is 27.0 Å². The molecule has 1 atom stereocenters. The molecule has 0 aliphatic carbocycles. The van der Waals surface area contributed by atoms with Gasteiger partial charge < -0.3 is 24.6 Å². The van der Waals surface area contributed by atoms with Crippen molar-refractivity contribution in [1.82, 2.24) is 15.4 Å². The van der Waals surface area contributed by atoms with Gasteiger partial charge in [-0.2, -0.15) is 0 Å². The molecule has 0 saturated carbocycles. The average Bonchev–Trinajstić information content (AvgIpc) is 2.91. The summed E-state index contributed by atoms with van der Waals surface area (Å²) in [5.41, 5.74) is -0.0111. The molecule has 1 heterocycles. The van der Waals surface area contributed by atoms with Crippen molar-refractivity contribution >= 4 is 17.8 Å². The average molecular weight is 313 g/mol. The van der Waals surface area contributed by atoms with Gasteiger partial charge in [0.25, 0.3) is 5.91 Å². The molecule has 1 aromatic rings. The summed E-state index contributed by atoms with van der Waals surface area (Å²) in [4.78, 5) is 35.5. The van der Waals surface area contributed by atoms with Gasteiger partial charge in [-0.25, -0.2) is 4.79 Å². The highest BCUT2D eigenvalue weighted by Gasteiger charge is 2.28. The minimum absolute atomic E-state index is 0.0111. The van der Waals surface area contributed by atoms with E-state index in [2.05, 4.69) is 10.5 Å². The lowest BCUT2D eigenvalue weighted by atomic mass is 10.2. The van der Waals surface area contributed by atoms with Crippen LogP contribution in [-0.2, 0) is 20.9 Å². The smallest absolute Gasteiger partial charge is 0.326 e. The van der Waals surface area contributed by atoms with Crippen molar-refractivity contribution in [2.45, 2.75) is 26.5 Å². The highest BCUT2D eigenvalue weighted by Crippen LogP contribution is 2.10. The SMILES string of the molecule is COCc1cc(C(=O)N(CCNC(C)=O)C(C)C(=O)O)no1. The number of aliphatic carboxylic acids is 1. The summed E-state index contributed by atoms with van der Waals surface area (Å²) in [6.45, 7) is 3.05. The molecule has 0 bridgehead atoms. The number of ether oxygens (including phenoxy) is 1. The molecule has 1 unspecified atom stereocenters. The summed E-state index contributed by atoms with van der Waals surface area (Å²) in [6, 6.07) is 0.329. The zero-order chi connectivity index (χ0) is 16.7. The van der Waals surface area contributed by atoms with Crippen LogP contribution in [0.5, 0.6) is 0 Å². The lowest BCUT2D eigenvalue weighted by Gasteiger charge is -2.25. The summed E-state index contributed by atoms with van der Waals surface area (Å²) in [7, 11) is 1.47. The second-order valence-electron chi connectivity index (χ2n) is 4.61. The number of aromatic nitrogens is 1. The van der Waals surface area contributed by atoms with Gasteiger partial charge in [0.15, 0.2) is 11.5 Å². The van der Waals surface area contributed by atoms with Crippen molar-refractivity contribution in [3.05, 3.63) is 17.5 Å². The van der Waals surface area contributed by atoms with Crippen molar-refractivity contribution in [1.29, 1.82) is 0 Å². The fourth-order valence-electron chi connectivity index (χ4n) is 1.73. The van der Waals surface area contributed by atoms with Gasteiger partial charge >= 0.3 is 5.97 Å². The number of carboxylic acid groups (broad SMARTS) is 1. The summed E-state index contributed by atoms with van der Waals surface area (Å²) >= 11 is 0. The normalized spacial score (nSPS) is 11.8. The molecule has 2 amide bonds. The third-order valence-electron chi connectivity index (χ3n) is 2.88. The number of nitrogens with zero attached hydrogens (tertiary/aromatic N) is 2. The number of hydrogen-bond acceptors (Lipinski definition) is 6. The number of rotatable bonds is 8. The Morgan fingerprint density at radius 1 is 1.50 bits per heavy atom. The van der Waals surface area contributed by atoms with Crippen molar-refractivity contribution in [2.75, 3.05) is 20.2 Å². The van der Waals surface area contributed by atoms with Crippen molar-refractivity contribution < 1.29 is 28.8 Å². The van der Waals surface area contributed by atoms with E-state index in [0.717, 1.165) is 4.90 Å². The van der Waals surface area contributed by atoms with E-state index in [9.17, 15) is 14.4 Å². The van der Waals surface area contributed by atoms with E-state index >= 15 is 0 Å². The predicted octanol–water partition coefficient (Wildman–Crippen LogP) is -0.128. The lowest BCUT2D eigenvalue weighted by Crippen LogP contribution is -2.46. The number of amides is 2. The van der Waals surface area contributed by atoms with E-state index in [1.54, 1.807) is 0 Å². The number of nitrogens with one attached hydrogen (secondary N) is 1. The molecule has 0 fully saturated rings.